The van der Waals surface area contributed by atoms with Gasteiger partial charge in [-0.15, -0.1) is 0 Å². The number of hydrogen-bond donors (Lipinski definition) is 1. The Hall–Kier alpha value is -1.75. The molecule has 3 rings (SSSR count). The molecule has 4 nitrogen and oxygen atoms in total. The molecule has 0 saturated carbocycles. The SMILES string of the molecule is Fc1ccccc1Cc1nc(C2CCCCN2)no1. The van der Waals surface area contributed by atoms with E-state index in [2.05, 4.69) is 15.5 Å². The maximum Gasteiger partial charge on any atom is 0.231 e. The van der Waals surface area contributed by atoms with Crippen molar-refractivity contribution in [2.24, 2.45) is 0 Å². The third kappa shape index (κ3) is 2.81. The standard InChI is InChI=1S/C14H16FN3O/c15-11-6-2-1-5-10(11)9-13-17-14(18-19-13)12-7-3-4-8-16-12/h1-2,5-6,12,16H,3-4,7-9H2. The van der Waals surface area contributed by atoms with Crippen molar-refractivity contribution < 1.29 is 8.91 Å². The fraction of sp³-hybridized carbons (Fsp3) is 0.429. The van der Waals surface area contributed by atoms with Crippen LogP contribution in [0.25, 0.3) is 0 Å². The zero-order valence-corrected chi connectivity index (χ0v) is 10.6. The van der Waals surface area contributed by atoms with Gasteiger partial charge < -0.3 is 9.84 Å². The van der Waals surface area contributed by atoms with Crippen LogP contribution in [0.1, 0.15) is 42.6 Å². The molecule has 0 bridgehead atoms. The number of hydrogen-bond acceptors (Lipinski definition) is 4. The molecular weight excluding hydrogens is 245 g/mol. The van der Waals surface area contributed by atoms with Gasteiger partial charge in [0.1, 0.15) is 5.82 Å². The molecule has 1 N–H and O–H groups in total. The third-order valence-electron chi connectivity index (χ3n) is 3.41. The highest BCUT2D eigenvalue weighted by atomic mass is 19.1. The molecule has 2 heterocycles. The lowest BCUT2D eigenvalue weighted by atomic mass is 10.0. The predicted molar refractivity (Wildman–Crippen MR) is 68.1 cm³/mol. The molecule has 0 radical (unpaired) electrons. The quantitative estimate of drug-likeness (QED) is 0.922. The largest absolute Gasteiger partial charge is 0.339 e. The molecule has 1 fully saturated rings. The number of piperidine rings is 1. The average Bonchev–Trinajstić information content (AvgIpc) is 2.91. The van der Waals surface area contributed by atoms with Crippen molar-refractivity contribution >= 4 is 0 Å². The van der Waals surface area contributed by atoms with Crippen molar-refractivity contribution in [1.29, 1.82) is 0 Å². The van der Waals surface area contributed by atoms with Crippen LogP contribution >= 0.6 is 0 Å². The first-order chi connectivity index (χ1) is 9.33. The van der Waals surface area contributed by atoms with Crippen LogP contribution in [0, 0.1) is 5.82 Å². The van der Waals surface area contributed by atoms with Crippen LogP contribution in [0.3, 0.4) is 0 Å². The summed E-state index contributed by atoms with van der Waals surface area (Å²) < 4.78 is 18.7. The van der Waals surface area contributed by atoms with Gasteiger partial charge in [-0.25, -0.2) is 4.39 Å². The summed E-state index contributed by atoms with van der Waals surface area (Å²) >= 11 is 0. The van der Waals surface area contributed by atoms with Crippen molar-refractivity contribution in [3.63, 3.8) is 0 Å². The minimum absolute atomic E-state index is 0.173. The second-order valence-corrected chi connectivity index (χ2v) is 4.82. The van der Waals surface area contributed by atoms with E-state index < -0.39 is 0 Å². The molecule has 19 heavy (non-hydrogen) atoms. The predicted octanol–water partition coefficient (Wildman–Crippen LogP) is 2.61. The molecule has 0 spiro atoms. The van der Waals surface area contributed by atoms with E-state index >= 15 is 0 Å². The lowest BCUT2D eigenvalue weighted by Crippen LogP contribution is -2.27. The van der Waals surface area contributed by atoms with E-state index in [1.807, 2.05) is 0 Å². The molecule has 1 aromatic heterocycles. The average molecular weight is 261 g/mol. The molecule has 1 aromatic carbocycles. The van der Waals surface area contributed by atoms with Crippen LogP contribution in [0.2, 0.25) is 0 Å². The minimum atomic E-state index is -0.238. The molecule has 1 aliphatic rings. The van der Waals surface area contributed by atoms with Crippen molar-refractivity contribution in [1.82, 2.24) is 15.5 Å². The summed E-state index contributed by atoms with van der Waals surface area (Å²) in [6, 6.07) is 6.82. The number of nitrogens with one attached hydrogen (secondary N) is 1. The van der Waals surface area contributed by atoms with Gasteiger partial charge in [-0.05, 0) is 31.0 Å². The topological polar surface area (TPSA) is 51.0 Å². The molecule has 1 saturated heterocycles. The summed E-state index contributed by atoms with van der Waals surface area (Å²) in [5.74, 6) is 0.913. The van der Waals surface area contributed by atoms with Gasteiger partial charge in [0.05, 0.1) is 12.5 Å². The highest BCUT2D eigenvalue weighted by Gasteiger charge is 2.20. The molecule has 100 valence electrons. The van der Waals surface area contributed by atoms with Crippen LogP contribution in [-0.2, 0) is 6.42 Å². The van der Waals surface area contributed by atoms with E-state index in [-0.39, 0.29) is 11.9 Å². The second-order valence-electron chi connectivity index (χ2n) is 4.82. The van der Waals surface area contributed by atoms with Crippen molar-refractivity contribution in [2.45, 2.75) is 31.7 Å². The summed E-state index contributed by atoms with van der Waals surface area (Å²) in [5, 5.41) is 7.36. The van der Waals surface area contributed by atoms with E-state index in [0.29, 0.717) is 23.7 Å². The van der Waals surface area contributed by atoms with Crippen LogP contribution in [0.4, 0.5) is 4.39 Å². The van der Waals surface area contributed by atoms with Crippen molar-refractivity contribution in [3.8, 4) is 0 Å². The van der Waals surface area contributed by atoms with Crippen molar-refractivity contribution in [3.05, 3.63) is 47.4 Å². The molecule has 0 amide bonds. The minimum Gasteiger partial charge on any atom is -0.339 e. The van der Waals surface area contributed by atoms with E-state index in [1.54, 1.807) is 18.2 Å². The van der Waals surface area contributed by atoms with E-state index in [1.165, 1.54) is 18.9 Å². The molecular formula is C14H16FN3O. The van der Waals surface area contributed by atoms with E-state index in [9.17, 15) is 4.39 Å². The lowest BCUT2D eigenvalue weighted by molar-refractivity contribution is 0.351. The molecule has 1 atom stereocenters. The summed E-state index contributed by atoms with van der Waals surface area (Å²) in [6.07, 6.45) is 3.73. The summed E-state index contributed by atoms with van der Waals surface area (Å²) in [6.45, 7) is 0.988. The first kappa shape index (κ1) is 12.3. The zero-order chi connectivity index (χ0) is 13.1. The number of benzene rings is 1. The van der Waals surface area contributed by atoms with Gasteiger partial charge in [-0.2, -0.15) is 4.98 Å². The van der Waals surface area contributed by atoms with Gasteiger partial charge in [0, 0.05) is 0 Å². The highest BCUT2D eigenvalue weighted by molar-refractivity contribution is 5.20. The normalized spacial score (nSPS) is 19.5. The zero-order valence-electron chi connectivity index (χ0n) is 10.6. The van der Waals surface area contributed by atoms with Gasteiger partial charge in [-0.3, -0.25) is 0 Å². The van der Waals surface area contributed by atoms with E-state index in [0.717, 1.165) is 13.0 Å². The van der Waals surface area contributed by atoms with Gasteiger partial charge in [0.25, 0.3) is 0 Å². The maximum absolute atomic E-state index is 13.5. The Kier molecular flexibility index (Phi) is 3.55. The van der Waals surface area contributed by atoms with Crippen LogP contribution in [-0.4, -0.2) is 16.7 Å². The summed E-state index contributed by atoms with van der Waals surface area (Å²) in [7, 11) is 0. The van der Waals surface area contributed by atoms with Crippen LogP contribution < -0.4 is 5.32 Å². The number of rotatable bonds is 3. The number of aromatic nitrogens is 2. The third-order valence-corrected chi connectivity index (χ3v) is 3.41. The molecule has 2 aromatic rings. The Morgan fingerprint density at radius 2 is 2.21 bits per heavy atom. The smallest absolute Gasteiger partial charge is 0.231 e. The molecule has 1 unspecified atom stereocenters. The molecule has 5 heteroatoms. The number of nitrogens with zero attached hydrogens (tertiary/aromatic N) is 2. The van der Waals surface area contributed by atoms with Gasteiger partial charge >= 0.3 is 0 Å². The summed E-state index contributed by atoms with van der Waals surface area (Å²) in [5.41, 5.74) is 0.578. The fourth-order valence-electron chi connectivity index (χ4n) is 2.36. The first-order valence-corrected chi connectivity index (χ1v) is 6.62. The Morgan fingerprint density at radius 1 is 1.32 bits per heavy atom. The molecule has 1 aliphatic heterocycles. The number of halogens is 1. The summed E-state index contributed by atoms with van der Waals surface area (Å²) in [4.78, 5) is 4.36. The van der Waals surface area contributed by atoms with Gasteiger partial charge in [0.15, 0.2) is 5.82 Å². The fourth-order valence-corrected chi connectivity index (χ4v) is 2.36. The Bertz CT molecular complexity index is 549. The van der Waals surface area contributed by atoms with Gasteiger partial charge in [0.2, 0.25) is 5.89 Å². The Balaban J connectivity index is 1.73. The van der Waals surface area contributed by atoms with Crippen LogP contribution in [0.15, 0.2) is 28.8 Å². The Morgan fingerprint density at radius 3 is 3.00 bits per heavy atom. The first-order valence-electron chi connectivity index (χ1n) is 6.62. The van der Waals surface area contributed by atoms with Crippen molar-refractivity contribution in [2.75, 3.05) is 6.54 Å². The lowest BCUT2D eigenvalue weighted by Gasteiger charge is -2.19. The second kappa shape index (κ2) is 5.48. The van der Waals surface area contributed by atoms with Gasteiger partial charge in [-0.1, -0.05) is 29.8 Å². The maximum atomic E-state index is 13.5. The van der Waals surface area contributed by atoms with Crippen LogP contribution in [0.5, 0.6) is 0 Å². The van der Waals surface area contributed by atoms with E-state index in [4.69, 9.17) is 4.52 Å². The highest BCUT2D eigenvalue weighted by Crippen LogP contribution is 2.21. The Labute approximate surface area is 111 Å². The monoisotopic (exact) mass is 261 g/mol. The molecule has 0 aliphatic carbocycles.